The Kier molecular flexibility index (Phi) is 4.31. The molecule has 2 nitrogen and oxygen atoms in total. The molecule has 0 aromatic heterocycles. The van der Waals surface area contributed by atoms with Crippen molar-refractivity contribution < 1.29 is 35.5 Å². The molecule has 0 aliphatic heterocycles. The third-order valence-electron chi connectivity index (χ3n) is 2.82. The number of halogens is 7. The van der Waals surface area contributed by atoms with Crippen molar-refractivity contribution in [2.75, 3.05) is 5.32 Å². The molecule has 0 atom stereocenters. The number of hydrogen-bond acceptors (Lipinski definition) is 1. The van der Waals surface area contributed by atoms with E-state index < -0.39 is 46.5 Å². The van der Waals surface area contributed by atoms with Crippen LogP contribution in [0.5, 0.6) is 0 Å². The molecule has 0 radical (unpaired) electrons. The van der Waals surface area contributed by atoms with E-state index in [1.807, 2.05) is 5.32 Å². The van der Waals surface area contributed by atoms with Crippen LogP contribution >= 0.6 is 0 Å². The largest absolute Gasteiger partial charge is 0.416 e. The van der Waals surface area contributed by atoms with Crippen LogP contribution in [0.1, 0.15) is 15.9 Å². The lowest BCUT2D eigenvalue weighted by atomic mass is 10.1. The second-order valence-corrected chi connectivity index (χ2v) is 4.38. The van der Waals surface area contributed by atoms with Crippen LogP contribution in [0.25, 0.3) is 0 Å². The molecule has 0 aliphatic rings. The molecule has 9 heteroatoms. The number of rotatable bonds is 2. The maximum atomic E-state index is 13.4. The first-order valence-corrected chi connectivity index (χ1v) is 5.93. The van der Waals surface area contributed by atoms with Crippen molar-refractivity contribution in [3.8, 4) is 0 Å². The lowest BCUT2D eigenvalue weighted by Crippen LogP contribution is -2.16. The molecule has 0 heterocycles. The van der Waals surface area contributed by atoms with Gasteiger partial charge in [-0.25, -0.2) is 17.6 Å². The van der Waals surface area contributed by atoms with E-state index in [9.17, 15) is 35.5 Å². The van der Waals surface area contributed by atoms with Gasteiger partial charge < -0.3 is 5.32 Å². The van der Waals surface area contributed by atoms with Crippen molar-refractivity contribution >= 4 is 11.6 Å². The van der Waals surface area contributed by atoms with E-state index >= 15 is 0 Å². The molecule has 0 saturated heterocycles. The van der Waals surface area contributed by atoms with E-state index in [0.29, 0.717) is 12.1 Å². The maximum absolute atomic E-state index is 13.4. The van der Waals surface area contributed by atoms with Crippen LogP contribution in [0, 0.1) is 23.3 Å². The van der Waals surface area contributed by atoms with Crippen LogP contribution in [0.3, 0.4) is 0 Å². The molecule has 0 fully saturated rings. The Balaban J connectivity index is 2.26. The summed E-state index contributed by atoms with van der Waals surface area (Å²) < 4.78 is 89.4. The minimum Gasteiger partial charge on any atom is -0.322 e. The highest BCUT2D eigenvalue weighted by Gasteiger charge is 2.30. The summed E-state index contributed by atoms with van der Waals surface area (Å²) in [4.78, 5) is 11.7. The third kappa shape index (κ3) is 3.43. The van der Waals surface area contributed by atoms with Crippen molar-refractivity contribution in [3.63, 3.8) is 0 Å². The van der Waals surface area contributed by atoms with E-state index in [2.05, 4.69) is 0 Å². The lowest BCUT2D eigenvalue weighted by Gasteiger charge is -2.10. The molecule has 0 spiro atoms. The van der Waals surface area contributed by atoms with Gasteiger partial charge in [0.2, 0.25) is 0 Å². The summed E-state index contributed by atoms with van der Waals surface area (Å²) in [5.74, 6) is -9.27. The van der Waals surface area contributed by atoms with Crippen molar-refractivity contribution in [2.24, 2.45) is 0 Å². The highest BCUT2D eigenvalue weighted by Crippen LogP contribution is 2.30. The Morgan fingerprint density at radius 3 is 1.96 bits per heavy atom. The molecule has 1 N–H and O–H groups in total. The van der Waals surface area contributed by atoms with Crippen LogP contribution in [0.4, 0.5) is 36.4 Å². The minimum atomic E-state index is -4.59. The fourth-order valence-electron chi connectivity index (χ4n) is 1.68. The molecular formula is C14H6F7NO. The van der Waals surface area contributed by atoms with Gasteiger partial charge in [0, 0.05) is 5.69 Å². The third-order valence-corrected chi connectivity index (χ3v) is 2.82. The van der Waals surface area contributed by atoms with Crippen molar-refractivity contribution in [1.82, 2.24) is 0 Å². The number of benzene rings is 2. The van der Waals surface area contributed by atoms with Gasteiger partial charge in [-0.3, -0.25) is 4.79 Å². The first-order chi connectivity index (χ1) is 10.6. The molecule has 2 aromatic carbocycles. The van der Waals surface area contributed by atoms with Gasteiger partial charge in [-0.2, -0.15) is 13.2 Å². The van der Waals surface area contributed by atoms with Gasteiger partial charge in [0.05, 0.1) is 11.1 Å². The number of alkyl halides is 3. The highest BCUT2D eigenvalue weighted by molar-refractivity contribution is 6.04. The van der Waals surface area contributed by atoms with Crippen LogP contribution in [0.2, 0.25) is 0 Å². The fraction of sp³-hybridized carbons (Fsp3) is 0.0714. The summed E-state index contributed by atoms with van der Waals surface area (Å²) >= 11 is 0. The Labute approximate surface area is 124 Å². The van der Waals surface area contributed by atoms with Crippen LogP contribution in [-0.2, 0) is 6.18 Å². The summed E-state index contributed by atoms with van der Waals surface area (Å²) in [5.41, 5.74) is -2.28. The van der Waals surface area contributed by atoms with E-state index in [4.69, 9.17) is 0 Å². The SMILES string of the molecule is O=C(Nc1ccc(C(F)(F)F)cc1)c1cc(F)c(F)c(F)c1F. The van der Waals surface area contributed by atoms with Crippen LogP contribution in [-0.4, -0.2) is 5.91 Å². The predicted molar refractivity (Wildman–Crippen MR) is 65.7 cm³/mol. The number of nitrogens with one attached hydrogen (secondary N) is 1. The van der Waals surface area contributed by atoms with Gasteiger partial charge in [-0.15, -0.1) is 0 Å². The van der Waals surface area contributed by atoms with Crippen molar-refractivity contribution in [3.05, 3.63) is 64.7 Å². The molecule has 0 unspecified atom stereocenters. The van der Waals surface area contributed by atoms with Gasteiger partial charge >= 0.3 is 6.18 Å². The van der Waals surface area contributed by atoms with Gasteiger partial charge in [-0.05, 0) is 30.3 Å². The molecule has 23 heavy (non-hydrogen) atoms. The Morgan fingerprint density at radius 1 is 0.870 bits per heavy atom. The lowest BCUT2D eigenvalue weighted by molar-refractivity contribution is -0.137. The van der Waals surface area contributed by atoms with Crippen molar-refractivity contribution in [1.29, 1.82) is 0 Å². The Bertz CT molecular complexity index is 753. The number of hydrogen-bond donors (Lipinski definition) is 1. The molecule has 122 valence electrons. The zero-order valence-corrected chi connectivity index (χ0v) is 10.9. The van der Waals surface area contributed by atoms with Crippen LogP contribution in [0.15, 0.2) is 30.3 Å². The quantitative estimate of drug-likeness (QED) is 0.487. The molecule has 2 rings (SSSR count). The fourth-order valence-corrected chi connectivity index (χ4v) is 1.68. The summed E-state index contributed by atoms with van der Waals surface area (Å²) in [6.45, 7) is 0. The first-order valence-electron chi connectivity index (χ1n) is 5.93. The van der Waals surface area contributed by atoms with Gasteiger partial charge in [0.1, 0.15) is 0 Å². The second-order valence-electron chi connectivity index (χ2n) is 4.38. The number of anilines is 1. The van der Waals surface area contributed by atoms with Gasteiger partial charge in [0.25, 0.3) is 5.91 Å². The van der Waals surface area contributed by atoms with Crippen LogP contribution < -0.4 is 5.32 Å². The van der Waals surface area contributed by atoms with E-state index in [-0.39, 0.29) is 11.8 Å². The normalized spacial score (nSPS) is 11.4. The van der Waals surface area contributed by atoms with E-state index in [0.717, 1.165) is 12.1 Å². The molecular weight excluding hydrogens is 331 g/mol. The number of carbonyl (C=O) groups excluding carboxylic acids is 1. The summed E-state index contributed by atoms with van der Waals surface area (Å²) in [6, 6.07) is 3.19. The summed E-state index contributed by atoms with van der Waals surface area (Å²) in [7, 11) is 0. The Morgan fingerprint density at radius 2 is 1.43 bits per heavy atom. The molecule has 1 amide bonds. The zero-order valence-electron chi connectivity index (χ0n) is 10.9. The number of amides is 1. The average Bonchev–Trinajstić information content (AvgIpc) is 2.48. The van der Waals surface area contributed by atoms with Crippen molar-refractivity contribution in [2.45, 2.75) is 6.18 Å². The molecule has 0 bridgehead atoms. The summed E-state index contributed by atoms with van der Waals surface area (Å²) in [6.07, 6.45) is -4.59. The number of carbonyl (C=O) groups is 1. The maximum Gasteiger partial charge on any atom is 0.416 e. The summed E-state index contributed by atoms with van der Waals surface area (Å²) in [5, 5.41) is 1.95. The Hall–Kier alpha value is -2.58. The minimum absolute atomic E-state index is 0.146. The monoisotopic (exact) mass is 337 g/mol. The smallest absolute Gasteiger partial charge is 0.322 e. The molecule has 0 saturated carbocycles. The average molecular weight is 337 g/mol. The highest BCUT2D eigenvalue weighted by atomic mass is 19.4. The van der Waals surface area contributed by atoms with Gasteiger partial charge in [0.15, 0.2) is 23.3 Å². The zero-order chi connectivity index (χ0) is 17.4. The van der Waals surface area contributed by atoms with Gasteiger partial charge in [-0.1, -0.05) is 0 Å². The molecule has 0 aliphatic carbocycles. The molecule has 2 aromatic rings. The standard InChI is InChI=1S/C14H6F7NO/c15-9-5-8(10(16)12(18)11(9)17)13(23)22-7-3-1-6(2-4-7)14(19,20)21/h1-5H,(H,22,23). The predicted octanol–water partition coefficient (Wildman–Crippen LogP) is 4.51. The van der Waals surface area contributed by atoms with E-state index in [1.165, 1.54) is 0 Å². The topological polar surface area (TPSA) is 29.1 Å². The first kappa shape index (κ1) is 16.8. The second kappa shape index (κ2) is 5.90. The van der Waals surface area contributed by atoms with E-state index in [1.54, 1.807) is 0 Å².